The van der Waals surface area contributed by atoms with Gasteiger partial charge in [0.25, 0.3) is 5.91 Å². The van der Waals surface area contributed by atoms with Crippen molar-refractivity contribution < 1.29 is 9.59 Å². The van der Waals surface area contributed by atoms with E-state index in [0.717, 1.165) is 24.2 Å². The Balaban J connectivity index is 1.47. The highest BCUT2D eigenvalue weighted by atomic mass is 16.2. The Bertz CT molecular complexity index is 822. The molecule has 1 saturated carbocycles. The van der Waals surface area contributed by atoms with Gasteiger partial charge in [0.05, 0.1) is 6.04 Å². The fourth-order valence-corrected chi connectivity index (χ4v) is 3.60. The maximum Gasteiger partial charge on any atom is 0.254 e. The van der Waals surface area contributed by atoms with E-state index in [9.17, 15) is 9.59 Å². The Morgan fingerprint density at radius 3 is 2.67 bits per heavy atom. The van der Waals surface area contributed by atoms with Crippen molar-refractivity contribution in [2.24, 2.45) is 11.8 Å². The highest BCUT2D eigenvalue weighted by Crippen LogP contribution is 2.38. The molecule has 6 heteroatoms. The second-order valence-corrected chi connectivity index (χ2v) is 7.39. The summed E-state index contributed by atoms with van der Waals surface area (Å²) in [5.41, 5.74) is 2.39. The van der Waals surface area contributed by atoms with Gasteiger partial charge < -0.3 is 15.5 Å². The number of anilines is 1. The van der Waals surface area contributed by atoms with Crippen LogP contribution in [0.4, 0.5) is 5.69 Å². The second kappa shape index (κ2) is 7.48. The molecule has 4 rings (SSSR count). The van der Waals surface area contributed by atoms with E-state index in [1.807, 2.05) is 23.2 Å². The lowest BCUT2D eigenvalue weighted by Crippen LogP contribution is -2.48. The topological polar surface area (TPSA) is 74.3 Å². The number of hydrogen-bond donors (Lipinski definition) is 2. The third kappa shape index (κ3) is 3.85. The first-order chi connectivity index (χ1) is 13.1. The number of piperazine rings is 1. The van der Waals surface area contributed by atoms with Gasteiger partial charge in [0.2, 0.25) is 5.91 Å². The van der Waals surface area contributed by atoms with Crippen LogP contribution in [-0.2, 0) is 4.79 Å². The number of rotatable bonds is 4. The van der Waals surface area contributed by atoms with Crippen molar-refractivity contribution in [2.75, 3.05) is 25.0 Å². The van der Waals surface area contributed by atoms with E-state index in [1.165, 1.54) is 0 Å². The first-order valence-corrected chi connectivity index (χ1v) is 9.46. The molecule has 2 fully saturated rings. The molecule has 27 heavy (non-hydrogen) atoms. The average molecular weight is 364 g/mol. The van der Waals surface area contributed by atoms with Gasteiger partial charge >= 0.3 is 0 Å². The van der Waals surface area contributed by atoms with Crippen LogP contribution in [0.2, 0.25) is 0 Å². The molecule has 2 heterocycles. The fraction of sp³-hybridized carbons (Fsp3) is 0.381. The number of carbonyl (C=O) groups excluding carboxylic acids is 2. The van der Waals surface area contributed by atoms with Crippen molar-refractivity contribution in [2.45, 2.75) is 19.4 Å². The number of carbonyl (C=O) groups is 2. The van der Waals surface area contributed by atoms with Gasteiger partial charge in [0.1, 0.15) is 0 Å². The molecule has 1 saturated heterocycles. The van der Waals surface area contributed by atoms with E-state index in [-0.39, 0.29) is 23.8 Å². The van der Waals surface area contributed by atoms with Gasteiger partial charge in [0, 0.05) is 49.2 Å². The zero-order valence-electron chi connectivity index (χ0n) is 15.4. The van der Waals surface area contributed by atoms with E-state index in [2.05, 4.69) is 22.5 Å². The van der Waals surface area contributed by atoms with E-state index in [0.29, 0.717) is 24.6 Å². The van der Waals surface area contributed by atoms with Crippen molar-refractivity contribution in [3.05, 3.63) is 59.9 Å². The quantitative estimate of drug-likeness (QED) is 0.874. The zero-order valence-corrected chi connectivity index (χ0v) is 15.4. The van der Waals surface area contributed by atoms with Crippen LogP contribution in [0.25, 0.3) is 0 Å². The van der Waals surface area contributed by atoms with Crippen molar-refractivity contribution >= 4 is 17.5 Å². The van der Waals surface area contributed by atoms with Crippen LogP contribution in [-0.4, -0.2) is 41.3 Å². The molecule has 1 aromatic heterocycles. The molecule has 2 aliphatic rings. The van der Waals surface area contributed by atoms with Crippen LogP contribution < -0.4 is 10.6 Å². The van der Waals surface area contributed by atoms with Crippen molar-refractivity contribution in [1.82, 2.24) is 15.2 Å². The summed E-state index contributed by atoms with van der Waals surface area (Å²) in [7, 11) is 0. The fourth-order valence-electron chi connectivity index (χ4n) is 3.60. The first-order valence-electron chi connectivity index (χ1n) is 9.46. The van der Waals surface area contributed by atoms with Crippen molar-refractivity contribution in [3.63, 3.8) is 0 Å². The molecule has 1 aromatic carbocycles. The molecule has 2 amide bonds. The molecule has 0 spiro atoms. The Hall–Kier alpha value is -2.73. The third-order valence-electron chi connectivity index (χ3n) is 5.42. The van der Waals surface area contributed by atoms with Crippen LogP contribution in [0.15, 0.2) is 48.8 Å². The lowest BCUT2D eigenvalue weighted by molar-refractivity contribution is -0.117. The van der Waals surface area contributed by atoms with Gasteiger partial charge in [-0.3, -0.25) is 14.6 Å². The number of aromatic nitrogens is 1. The summed E-state index contributed by atoms with van der Waals surface area (Å²) in [4.78, 5) is 31.2. The summed E-state index contributed by atoms with van der Waals surface area (Å²) in [5.74, 6) is 0.676. The number of amides is 2. The molecule has 3 atom stereocenters. The predicted molar refractivity (Wildman–Crippen MR) is 103 cm³/mol. The summed E-state index contributed by atoms with van der Waals surface area (Å²) in [5, 5.41) is 6.28. The number of pyridine rings is 1. The van der Waals surface area contributed by atoms with E-state index >= 15 is 0 Å². The van der Waals surface area contributed by atoms with Gasteiger partial charge in [-0.1, -0.05) is 13.0 Å². The lowest BCUT2D eigenvalue weighted by Gasteiger charge is -2.36. The average Bonchev–Trinajstić information content (AvgIpc) is 3.45. The molecule has 0 bridgehead atoms. The van der Waals surface area contributed by atoms with Gasteiger partial charge in [-0.05, 0) is 48.2 Å². The standard InChI is InChI=1S/C21H24N4O2/c1-14-11-18(14)20(26)24-17-6-4-15(5-7-17)21(27)25-10-9-23-13-19(25)16-3-2-8-22-12-16/h2-8,12,14,18-19,23H,9-11,13H2,1H3,(H,24,26). The number of hydrogen-bond acceptors (Lipinski definition) is 4. The molecule has 1 aliphatic heterocycles. The predicted octanol–water partition coefficient (Wildman–Crippen LogP) is 2.46. The highest BCUT2D eigenvalue weighted by molar-refractivity contribution is 5.97. The molecule has 1 aliphatic carbocycles. The molecule has 140 valence electrons. The summed E-state index contributed by atoms with van der Waals surface area (Å²) in [6, 6.07) is 11.1. The summed E-state index contributed by atoms with van der Waals surface area (Å²) in [6.07, 6.45) is 4.51. The number of nitrogens with one attached hydrogen (secondary N) is 2. The lowest BCUT2D eigenvalue weighted by atomic mass is 10.0. The van der Waals surface area contributed by atoms with Crippen LogP contribution in [0.1, 0.15) is 35.3 Å². The Morgan fingerprint density at radius 1 is 1.22 bits per heavy atom. The molecule has 0 radical (unpaired) electrons. The monoisotopic (exact) mass is 364 g/mol. The molecule has 2 N–H and O–H groups in total. The molecule has 6 nitrogen and oxygen atoms in total. The minimum absolute atomic E-state index is 0.000885. The van der Waals surface area contributed by atoms with Crippen molar-refractivity contribution in [3.8, 4) is 0 Å². The second-order valence-electron chi connectivity index (χ2n) is 7.39. The van der Waals surface area contributed by atoms with Crippen LogP contribution >= 0.6 is 0 Å². The van der Waals surface area contributed by atoms with Gasteiger partial charge in [-0.25, -0.2) is 0 Å². The van der Waals surface area contributed by atoms with Crippen LogP contribution in [0.3, 0.4) is 0 Å². The van der Waals surface area contributed by atoms with Gasteiger partial charge in [0.15, 0.2) is 0 Å². The van der Waals surface area contributed by atoms with Crippen LogP contribution in [0, 0.1) is 11.8 Å². The molecule has 3 unspecified atom stereocenters. The molecule has 2 aromatic rings. The number of nitrogens with zero attached hydrogens (tertiary/aromatic N) is 2. The third-order valence-corrected chi connectivity index (χ3v) is 5.42. The summed E-state index contributed by atoms with van der Waals surface area (Å²) >= 11 is 0. The molecular weight excluding hydrogens is 340 g/mol. The van der Waals surface area contributed by atoms with Crippen LogP contribution in [0.5, 0.6) is 0 Å². The SMILES string of the molecule is CC1CC1C(=O)Nc1ccc(C(=O)N2CCNCC2c2cccnc2)cc1. The highest BCUT2D eigenvalue weighted by Gasteiger charge is 2.39. The first kappa shape index (κ1) is 17.7. The van der Waals surface area contributed by atoms with Gasteiger partial charge in [-0.2, -0.15) is 0 Å². The van der Waals surface area contributed by atoms with E-state index < -0.39 is 0 Å². The molecular formula is C21H24N4O2. The summed E-state index contributed by atoms with van der Waals surface area (Å²) < 4.78 is 0. The Kier molecular flexibility index (Phi) is 4.90. The normalized spacial score (nSPS) is 24.3. The Labute approximate surface area is 159 Å². The minimum atomic E-state index is -0.0318. The van der Waals surface area contributed by atoms with E-state index in [4.69, 9.17) is 0 Å². The number of benzene rings is 1. The van der Waals surface area contributed by atoms with Gasteiger partial charge in [-0.15, -0.1) is 0 Å². The maximum absolute atomic E-state index is 13.1. The van der Waals surface area contributed by atoms with E-state index in [1.54, 1.807) is 30.5 Å². The van der Waals surface area contributed by atoms with Crippen molar-refractivity contribution in [1.29, 1.82) is 0 Å². The Morgan fingerprint density at radius 2 is 2.00 bits per heavy atom. The smallest absolute Gasteiger partial charge is 0.254 e. The zero-order chi connectivity index (χ0) is 18.8. The summed E-state index contributed by atoms with van der Waals surface area (Å²) in [6.45, 7) is 4.22. The largest absolute Gasteiger partial charge is 0.329 e. The maximum atomic E-state index is 13.1. The minimum Gasteiger partial charge on any atom is -0.329 e.